The second-order valence-corrected chi connectivity index (χ2v) is 11.1. The fourth-order valence-corrected chi connectivity index (χ4v) is 3.82. The summed E-state index contributed by atoms with van der Waals surface area (Å²) < 4.78 is 44.8. The van der Waals surface area contributed by atoms with Gasteiger partial charge in [-0.25, -0.2) is 13.6 Å². The van der Waals surface area contributed by atoms with Crippen LogP contribution < -0.4 is 10.8 Å². The summed E-state index contributed by atoms with van der Waals surface area (Å²) in [6, 6.07) is 6.28. The molecule has 188 valence electrons. The van der Waals surface area contributed by atoms with Gasteiger partial charge in [-0.2, -0.15) is 0 Å². The van der Waals surface area contributed by atoms with Gasteiger partial charge in [-0.3, -0.25) is 4.79 Å². The van der Waals surface area contributed by atoms with Crippen LogP contribution in [0.1, 0.15) is 60.5 Å². The second kappa shape index (κ2) is 9.11. The molecule has 34 heavy (non-hydrogen) atoms. The number of ether oxygens (including phenoxy) is 1. The highest BCUT2D eigenvalue weighted by Gasteiger charge is 2.51. The Hall–Kier alpha value is -2.20. The highest BCUT2D eigenvalue weighted by Crippen LogP contribution is 2.36. The van der Waals surface area contributed by atoms with Crippen LogP contribution in [0.5, 0.6) is 0 Å². The summed E-state index contributed by atoms with van der Waals surface area (Å²) in [7, 11) is -0.525. The molecule has 3 rings (SSSR count). The molecule has 7 nitrogen and oxygen atoms in total. The smallest absolute Gasteiger partial charge is 0.444 e. The van der Waals surface area contributed by atoms with E-state index in [4.69, 9.17) is 14.0 Å². The Morgan fingerprint density at radius 2 is 1.68 bits per heavy atom. The molecule has 2 fully saturated rings. The second-order valence-electron chi connectivity index (χ2n) is 11.1. The van der Waals surface area contributed by atoms with E-state index in [1.807, 2.05) is 52.0 Å². The Bertz CT molecular complexity index is 899. The lowest BCUT2D eigenvalue weighted by molar-refractivity contribution is -0.133. The molecule has 0 radical (unpaired) electrons. The maximum absolute atomic E-state index is 13.7. The number of likely N-dealkylation sites (tertiary alicyclic amines) is 1. The van der Waals surface area contributed by atoms with E-state index in [1.54, 1.807) is 20.8 Å². The average Bonchev–Trinajstić information content (AvgIpc) is 3.14. The van der Waals surface area contributed by atoms with Crippen molar-refractivity contribution in [2.45, 2.75) is 90.1 Å². The highest BCUT2D eigenvalue weighted by molar-refractivity contribution is 6.62. The number of alkyl halides is 2. The number of amides is 2. The molecule has 2 aliphatic heterocycles. The third-order valence-corrected chi connectivity index (χ3v) is 6.42. The molecule has 0 spiro atoms. The van der Waals surface area contributed by atoms with Crippen molar-refractivity contribution in [1.29, 1.82) is 0 Å². The van der Waals surface area contributed by atoms with Gasteiger partial charge in [0.1, 0.15) is 11.6 Å². The monoisotopic (exact) mass is 480 g/mol. The van der Waals surface area contributed by atoms with Crippen molar-refractivity contribution in [1.82, 2.24) is 10.2 Å². The molecule has 0 saturated carbocycles. The summed E-state index contributed by atoms with van der Waals surface area (Å²) >= 11 is 0. The van der Waals surface area contributed by atoms with Crippen LogP contribution in [0.15, 0.2) is 24.3 Å². The lowest BCUT2D eigenvalue weighted by atomic mass is 9.78. The quantitative estimate of drug-likeness (QED) is 0.655. The number of halogens is 2. The maximum Gasteiger partial charge on any atom is 0.494 e. The first-order valence-electron chi connectivity index (χ1n) is 11.6. The Labute approximate surface area is 200 Å². The zero-order valence-electron chi connectivity index (χ0n) is 21.0. The van der Waals surface area contributed by atoms with Gasteiger partial charge in [-0.05, 0) is 59.5 Å². The summed E-state index contributed by atoms with van der Waals surface area (Å²) in [5, 5.41) is 2.57. The summed E-state index contributed by atoms with van der Waals surface area (Å²) in [6.07, 6.45) is -1.03. The van der Waals surface area contributed by atoms with Crippen molar-refractivity contribution >= 4 is 24.6 Å². The summed E-state index contributed by atoms with van der Waals surface area (Å²) in [5.74, 6) is -3.48. The van der Waals surface area contributed by atoms with Gasteiger partial charge < -0.3 is 24.3 Å². The van der Waals surface area contributed by atoms with Crippen LogP contribution in [-0.4, -0.2) is 65.9 Å². The first kappa shape index (κ1) is 26.4. The van der Waals surface area contributed by atoms with Crippen LogP contribution in [0.3, 0.4) is 0 Å². The van der Waals surface area contributed by atoms with E-state index < -0.39 is 54.4 Å². The largest absolute Gasteiger partial charge is 0.494 e. The Balaban J connectivity index is 1.74. The average molecular weight is 480 g/mol. The molecule has 0 aromatic heterocycles. The molecule has 10 heteroatoms. The predicted octanol–water partition coefficient (Wildman–Crippen LogP) is 3.29. The molecule has 2 aliphatic rings. The van der Waals surface area contributed by atoms with Crippen molar-refractivity contribution in [3.63, 3.8) is 0 Å². The number of carbonyl (C=O) groups is 2. The van der Waals surface area contributed by atoms with Crippen LogP contribution in [0.2, 0.25) is 0 Å². The third kappa shape index (κ3) is 6.27. The van der Waals surface area contributed by atoms with Gasteiger partial charge in [0.05, 0.1) is 17.7 Å². The molecule has 2 amide bonds. The number of nitrogens with zero attached hydrogens (tertiary/aromatic N) is 1. The molecule has 2 saturated heterocycles. The molecule has 1 N–H and O–H groups in total. The topological polar surface area (TPSA) is 77.1 Å². The molecular formula is C24H35BF2N2O5. The number of alkyl carbamates (subject to hydrolysis) is 1. The van der Waals surface area contributed by atoms with Gasteiger partial charge in [-0.1, -0.05) is 24.3 Å². The lowest BCUT2D eigenvalue weighted by Crippen LogP contribution is -2.50. The number of nitrogens with one attached hydrogen (secondary N) is 1. The zero-order valence-corrected chi connectivity index (χ0v) is 21.0. The standard InChI is InChI=1S/C24H35BF2N2O5/c1-21(2,3)32-20(31)28-18(19(30)29-13-12-24(26,27)15-29)14-16-8-10-17(11-9-16)25-33-22(4,5)23(6,7)34-25/h8-11,18H,12-15H2,1-7H3,(H,28,31). The van der Waals surface area contributed by atoms with Crippen molar-refractivity contribution in [2.75, 3.05) is 13.1 Å². The number of hydrogen-bond donors (Lipinski definition) is 1. The van der Waals surface area contributed by atoms with E-state index in [-0.39, 0.29) is 19.4 Å². The molecule has 1 aromatic carbocycles. The molecule has 0 aliphatic carbocycles. The van der Waals surface area contributed by atoms with E-state index >= 15 is 0 Å². The number of benzene rings is 1. The van der Waals surface area contributed by atoms with Gasteiger partial charge >= 0.3 is 13.2 Å². The summed E-state index contributed by atoms with van der Waals surface area (Å²) in [4.78, 5) is 26.5. The summed E-state index contributed by atoms with van der Waals surface area (Å²) in [6.45, 7) is 12.3. The minimum atomic E-state index is -2.92. The van der Waals surface area contributed by atoms with E-state index in [1.165, 1.54) is 0 Å². The number of hydrogen-bond acceptors (Lipinski definition) is 5. The minimum Gasteiger partial charge on any atom is -0.444 e. The predicted molar refractivity (Wildman–Crippen MR) is 125 cm³/mol. The SMILES string of the molecule is CC(C)(C)OC(=O)NC(Cc1ccc(B2OC(C)(C)C(C)(C)O2)cc1)C(=O)N1CCC(F)(F)C1. The first-order valence-corrected chi connectivity index (χ1v) is 11.6. The number of rotatable bonds is 5. The van der Waals surface area contributed by atoms with Crippen LogP contribution >= 0.6 is 0 Å². The highest BCUT2D eigenvalue weighted by atomic mass is 19.3. The first-order chi connectivity index (χ1) is 15.5. The van der Waals surface area contributed by atoms with Crippen LogP contribution in [0, 0.1) is 0 Å². The van der Waals surface area contributed by atoms with Gasteiger partial charge in [0, 0.05) is 19.4 Å². The normalized spacial score (nSPS) is 21.9. The van der Waals surface area contributed by atoms with Crippen molar-refractivity contribution in [2.24, 2.45) is 0 Å². The zero-order chi connectivity index (χ0) is 25.5. The maximum atomic E-state index is 13.7. The van der Waals surface area contributed by atoms with Gasteiger partial charge in [-0.15, -0.1) is 0 Å². The fourth-order valence-electron chi connectivity index (χ4n) is 3.82. The molecule has 1 unspecified atom stereocenters. The van der Waals surface area contributed by atoms with Gasteiger partial charge in [0.15, 0.2) is 0 Å². The van der Waals surface area contributed by atoms with E-state index in [0.717, 1.165) is 15.9 Å². The van der Waals surface area contributed by atoms with Gasteiger partial charge in [0.2, 0.25) is 5.91 Å². The van der Waals surface area contributed by atoms with E-state index in [9.17, 15) is 18.4 Å². The molecule has 0 bridgehead atoms. The third-order valence-electron chi connectivity index (χ3n) is 6.42. The van der Waals surface area contributed by atoms with Crippen LogP contribution in [0.4, 0.5) is 13.6 Å². The van der Waals surface area contributed by atoms with Crippen molar-refractivity contribution in [3.05, 3.63) is 29.8 Å². The molecule has 2 heterocycles. The minimum absolute atomic E-state index is 0.0564. The lowest BCUT2D eigenvalue weighted by Gasteiger charge is -2.32. The fraction of sp³-hybridized carbons (Fsp3) is 0.667. The Morgan fingerprint density at radius 3 is 2.15 bits per heavy atom. The van der Waals surface area contributed by atoms with E-state index in [2.05, 4.69) is 5.32 Å². The Morgan fingerprint density at radius 1 is 1.12 bits per heavy atom. The summed E-state index contributed by atoms with van der Waals surface area (Å²) in [5.41, 5.74) is -0.125. The van der Waals surface area contributed by atoms with Crippen molar-refractivity contribution in [3.8, 4) is 0 Å². The number of carbonyl (C=O) groups excluding carboxylic acids is 2. The van der Waals surface area contributed by atoms with E-state index in [0.29, 0.717) is 0 Å². The molecular weight excluding hydrogens is 445 g/mol. The molecule has 1 aromatic rings. The van der Waals surface area contributed by atoms with Crippen LogP contribution in [-0.2, 0) is 25.3 Å². The van der Waals surface area contributed by atoms with Gasteiger partial charge in [0.25, 0.3) is 5.92 Å². The molecule has 1 atom stereocenters. The van der Waals surface area contributed by atoms with Crippen LogP contribution in [0.25, 0.3) is 0 Å². The Kier molecular flexibility index (Phi) is 7.08. The van der Waals surface area contributed by atoms with Crippen molar-refractivity contribution < 1.29 is 32.4 Å².